The van der Waals surface area contributed by atoms with Crippen molar-refractivity contribution in [2.75, 3.05) is 18.5 Å². The van der Waals surface area contributed by atoms with Crippen LogP contribution >= 0.6 is 15.9 Å². The minimum absolute atomic E-state index is 0.683. The van der Waals surface area contributed by atoms with Crippen LogP contribution in [0.3, 0.4) is 0 Å². The summed E-state index contributed by atoms with van der Waals surface area (Å²) in [4.78, 5) is 0. The number of alkyl halides is 1. The van der Waals surface area contributed by atoms with Crippen LogP contribution in [-0.4, -0.2) is 18.5 Å². The van der Waals surface area contributed by atoms with E-state index in [4.69, 9.17) is 9.47 Å². The summed E-state index contributed by atoms with van der Waals surface area (Å²) < 4.78 is 11.0. The van der Waals surface area contributed by atoms with Crippen LogP contribution in [0.5, 0.6) is 11.5 Å². The third kappa shape index (κ3) is 4.00. The summed E-state index contributed by atoms with van der Waals surface area (Å²) in [5.41, 5.74) is 2.35. The molecule has 0 aliphatic carbocycles. The molecule has 2 aromatic carbocycles. The van der Waals surface area contributed by atoms with Gasteiger partial charge in [-0.15, -0.1) is 0 Å². The van der Waals surface area contributed by atoms with Gasteiger partial charge in [0.15, 0.2) is 0 Å². The average Bonchev–Trinajstić information content (AvgIpc) is 2.47. The number of benzene rings is 2. The van der Waals surface area contributed by atoms with Crippen molar-refractivity contribution < 1.29 is 9.47 Å². The molecular formula is C16H17BrO2. The molecule has 0 radical (unpaired) electrons. The van der Waals surface area contributed by atoms with Crippen molar-refractivity contribution in [1.82, 2.24) is 0 Å². The van der Waals surface area contributed by atoms with Gasteiger partial charge in [0.05, 0.1) is 13.2 Å². The average molecular weight is 321 g/mol. The molecule has 0 amide bonds. The largest absolute Gasteiger partial charge is 0.494 e. The molecule has 0 spiro atoms. The summed E-state index contributed by atoms with van der Waals surface area (Å²) in [7, 11) is 0. The Morgan fingerprint density at radius 3 is 1.68 bits per heavy atom. The zero-order valence-corrected chi connectivity index (χ0v) is 12.5. The van der Waals surface area contributed by atoms with Gasteiger partial charge in [-0.25, -0.2) is 0 Å². The smallest absolute Gasteiger partial charge is 0.119 e. The second kappa shape index (κ2) is 7.19. The Morgan fingerprint density at radius 1 is 0.789 bits per heavy atom. The molecule has 19 heavy (non-hydrogen) atoms. The Kier molecular flexibility index (Phi) is 5.28. The lowest BCUT2D eigenvalue weighted by Gasteiger charge is -2.07. The molecule has 0 saturated heterocycles. The zero-order valence-electron chi connectivity index (χ0n) is 10.9. The van der Waals surface area contributed by atoms with Gasteiger partial charge in [-0.2, -0.15) is 0 Å². The van der Waals surface area contributed by atoms with Crippen LogP contribution in [0.1, 0.15) is 6.92 Å². The fourth-order valence-electron chi connectivity index (χ4n) is 1.81. The number of hydrogen-bond acceptors (Lipinski definition) is 2. The lowest BCUT2D eigenvalue weighted by atomic mass is 10.1. The van der Waals surface area contributed by atoms with Gasteiger partial charge in [0.1, 0.15) is 11.5 Å². The molecule has 0 aromatic heterocycles. The number of rotatable bonds is 6. The number of hydrogen-bond donors (Lipinski definition) is 0. The predicted octanol–water partition coefficient (Wildman–Crippen LogP) is 4.53. The van der Waals surface area contributed by atoms with E-state index in [2.05, 4.69) is 40.2 Å². The maximum Gasteiger partial charge on any atom is 0.119 e. The van der Waals surface area contributed by atoms with Gasteiger partial charge in [-0.05, 0) is 42.3 Å². The minimum atomic E-state index is 0.683. The molecule has 0 N–H and O–H groups in total. The van der Waals surface area contributed by atoms with Crippen LogP contribution in [0.2, 0.25) is 0 Å². The first-order valence-electron chi connectivity index (χ1n) is 6.35. The van der Waals surface area contributed by atoms with E-state index in [1.165, 1.54) is 11.1 Å². The molecule has 2 aromatic rings. The molecule has 100 valence electrons. The summed E-state index contributed by atoms with van der Waals surface area (Å²) in [6, 6.07) is 16.3. The highest BCUT2D eigenvalue weighted by atomic mass is 79.9. The van der Waals surface area contributed by atoms with Crippen LogP contribution in [0, 0.1) is 0 Å². The van der Waals surface area contributed by atoms with E-state index in [0.717, 1.165) is 16.8 Å². The summed E-state index contributed by atoms with van der Waals surface area (Å²) >= 11 is 3.34. The standard InChI is InChI=1S/C16H17BrO2/c1-2-18-15-7-3-13(4-8-15)14-5-9-16(10-6-14)19-12-11-17/h3-10H,2,11-12H2,1H3. The van der Waals surface area contributed by atoms with Crippen molar-refractivity contribution in [3.05, 3.63) is 48.5 Å². The Morgan fingerprint density at radius 2 is 1.26 bits per heavy atom. The first kappa shape index (κ1) is 13.9. The molecule has 2 nitrogen and oxygen atoms in total. The first-order chi connectivity index (χ1) is 9.33. The number of halogens is 1. The fourth-order valence-corrected chi connectivity index (χ4v) is 1.97. The Labute approximate surface area is 122 Å². The molecule has 0 aliphatic rings. The second-order valence-electron chi connectivity index (χ2n) is 4.02. The van der Waals surface area contributed by atoms with E-state index < -0.39 is 0 Å². The van der Waals surface area contributed by atoms with Crippen LogP contribution in [0.15, 0.2) is 48.5 Å². The van der Waals surface area contributed by atoms with E-state index in [0.29, 0.717) is 13.2 Å². The molecule has 0 aliphatic heterocycles. The van der Waals surface area contributed by atoms with E-state index in [1.54, 1.807) is 0 Å². The van der Waals surface area contributed by atoms with Crippen LogP contribution in [0.4, 0.5) is 0 Å². The van der Waals surface area contributed by atoms with Crippen LogP contribution < -0.4 is 9.47 Å². The maximum atomic E-state index is 5.53. The Hall–Kier alpha value is -1.48. The predicted molar refractivity (Wildman–Crippen MR) is 82.3 cm³/mol. The fraction of sp³-hybridized carbons (Fsp3) is 0.250. The molecule has 3 heteroatoms. The molecule has 0 heterocycles. The second-order valence-corrected chi connectivity index (χ2v) is 4.81. The summed E-state index contributed by atoms with van der Waals surface area (Å²) in [5.74, 6) is 1.80. The first-order valence-corrected chi connectivity index (χ1v) is 7.47. The van der Waals surface area contributed by atoms with Crippen molar-refractivity contribution in [2.45, 2.75) is 6.92 Å². The monoisotopic (exact) mass is 320 g/mol. The highest BCUT2D eigenvalue weighted by Gasteiger charge is 1.99. The third-order valence-electron chi connectivity index (χ3n) is 2.70. The van der Waals surface area contributed by atoms with Crippen LogP contribution in [-0.2, 0) is 0 Å². The van der Waals surface area contributed by atoms with Gasteiger partial charge in [-0.3, -0.25) is 0 Å². The van der Waals surface area contributed by atoms with E-state index in [1.807, 2.05) is 31.2 Å². The summed E-state index contributed by atoms with van der Waals surface area (Å²) in [5, 5.41) is 0.841. The van der Waals surface area contributed by atoms with E-state index >= 15 is 0 Å². The molecule has 0 unspecified atom stereocenters. The van der Waals surface area contributed by atoms with Crippen molar-refractivity contribution in [1.29, 1.82) is 0 Å². The molecule has 0 saturated carbocycles. The van der Waals surface area contributed by atoms with Crippen molar-refractivity contribution in [3.8, 4) is 22.6 Å². The molecule has 2 rings (SSSR count). The SMILES string of the molecule is CCOc1ccc(-c2ccc(OCCBr)cc2)cc1. The zero-order chi connectivity index (χ0) is 13.5. The van der Waals surface area contributed by atoms with Gasteiger partial charge in [-0.1, -0.05) is 40.2 Å². The summed E-state index contributed by atoms with van der Waals surface area (Å²) in [6.07, 6.45) is 0. The Balaban J connectivity index is 2.08. The topological polar surface area (TPSA) is 18.5 Å². The normalized spacial score (nSPS) is 10.2. The maximum absolute atomic E-state index is 5.53. The highest BCUT2D eigenvalue weighted by molar-refractivity contribution is 9.09. The third-order valence-corrected chi connectivity index (χ3v) is 3.02. The minimum Gasteiger partial charge on any atom is -0.494 e. The number of ether oxygens (including phenoxy) is 2. The van der Waals surface area contributed by atoms with Crippen molar-refractivity contribution >= 4 is 15.9 Å². The molecular weight excluding hydrogens is 304 g/mol. The van der Waals surface area contributed by atoms with Crippen LogP contribution in [0.25, 0.3) is 11.1 Å². The van der Waals surface area contributed by atoms with Gasteiger partial charge in [0, 0.05) is 5.33 Å². The lowest BCUT2D eigenvalue weighted by Crippen LogP contribution is -1.97. The van der Waals surface area contributed by atoms with Crippen molar-refractivity contribution in [3.63, 3.8) is 0 Å². The van der Waals surface area contributed by atoms with Gasteiger partial charge >= 0.3 is 0 Å². The molecule has 0 atom stereocenters. The Bertz CT molecular complexity index is 491. The van der Waals surface area contributed by atoms with E-state index in [9.17, 15) is 0 Å². The quantitative estimate of drug-likeness (QED) is 0.728. The van der Waals surface area contributed by atoms with Gasteiger partial charge in [0.25, 0.3) is 0 Å². The van der Waals surface area contributed by atoms with Gasteiger partial charge in [0.2, 0.25) is 0 Å². The highest BCUT2D eigenvalue weighted by Crippen LogP contribution is 2.24. The molecule has 0 bridgehead atoms. The molecule has 0 fully saturated rings. The van der Waals surface area contributed by atoms with Crippen molar-refractivity contribution in [2.24, 2.45) is 0 Å². The van der Waals surface area contributed by atoms with E-state index in [-0.39, 0.29) is 0 Å². The summed E-state index contributed by atoms with van der Waals surface area (Å²) in [6.45, 7) is 3.36. The lowest BCUT2D eigenvalue weighted by molar-refractivity contribution is 0.340. The van der Waals surface area contributed by atoms with Gasteiger partial charge < -0.3 is 9.47 Å².